The molecule has 0 atom stereocenters. The number of hydrazine groups is 1. The molecule has 0 unspecified atom stereocenters. The molecule has 1 aromatic heterocycles. The Balaban J connectivity index is 1.56. The zero-order valence-corrected chi connectivity index (χ0v) is 14.1. The lowest BCUT2D eigenvalue weighted by Gasteiger charge is -2.28. The highest BCUT2D eigenvalue weighted by Gasteiger charge is 2.31. The average molecular weight is 346 g/mol. The molecule has 3 amide bonds. The molecule has 0 bridgehead atoms. The van der Waals surface area contributed by atoms with E-state index in [0.717, 1.165) is 22.9 Å². The second kappa shape index (κ2) is 6.84. The molecule has 6 heteroatoms. The van der Waals surface area contributed by atoms with Gasteiger partial charge in [0.25, 0.3) is 5.91 Å². The number of hydrogen-bond acceptors (Lipinski definition) is 3. The number of hydrogen-bond donors (Lipinski definition) is 1. The highest BCUT2D eigenvalue weighted by molar-refractivity contribution is 6.02. The van der Waals surface area contributed by atoms with Gasteiger partial charge in [0.1, 0.15) is 0 Å². The van der Waals surface area contributed by atoms with Gasteiger partial charge < -0.3 is 5.32 Å². The third-order valence-electron chi connectivity index (χ3n) is 4.44. The molecular formula is C20H18N4O2. The molecule has 0 radical (unpaired) electrons. The molecule has 0 aliphatic carbocycles. The van der Waals surface area contributed by atoms with Crippen LogP contribution in [0, 0.1) is 0 Å². The molecule has 1 aliphatic heterocycles. The minimum absolute atomic E-state index is 0.219. The van der Waals surface area contributed by atoms with E-state index in [0.29, 0.717) is 18.7 Å². The number of nitrogens with one attached hydrogen (secondary N) is 1. The number of pyridine rings is 1. The van der Waals surface area contributed by atoms with Gasteiger partial charge in [0.05, 0.1) is 11.3 Å². The number of fused-ring (bicyclic) bond motifs is 1. The maximum Gasteiger partial charge on any atom is 0.340 e. The van der Waals surface area contributed by atoms with Crippen LogP contribution in [0.5, 0.6) is 0 Å². The summed E-state index contributed by atoms with van der Waals surface area (Å²) < 4.78 is 0. The van der Waals surface area contributed by atoms with Crippen LogP contribution in [-0.4, -0.2) is 40.0 Å². The standard InChI is InChI=1S/C20H18N4O2/c25-19(16-8-4-11-21-14-16)23-12-5-13-24(23)20(26)22-18-10-3-7-15-6-1-2-9-17(15)18/h1-4,6-11,14H,5,12-13H2,(H,22,26). The Labute approximate surface area is 151 Å². The summed E-state index contributed by atoms with van der Waals surface area (Å²) in [7, 11) is 0. The van der Waals surface area contributed by atoms with Crippen LogP contribution in [0.2, 0.25) is 0 Å². The van der Waals surface area contributed by atoms with Crippen molar-refractivity contribution in [2.45, 2.75) is 6.42 Å². The fourth-order valence-corrected chi connectivity index (χ4v) is 3.19. The van der Waals surface area contributed by atoms with Crippen LogP contribution in [0.1, 0.15) is 16.8 Å². The Bertz CT molecular complexity index is 953. The summed E-state index contributed by atoms with van der Waals surface area (Å²) in [4.78, 5) is 29.5. The smallest absolute Gasteiger partial charge is 0.306 e. The first kappa shape index (κ1) is 16.1. The zero-order valence-electron chi connectivity index (χ0n) is 14.1. The van der Waals surface area contributed by atoms with Crippen LogP contribution in [-0.2, 0) is 0 Å². The largest absolute Gasteiger partial charge is 0.340 e. The van der Waals surface area contributed by atoms with Crippen molar-refractivity contribution in [2.75, 3.05) is 18.4 Å². The summed E-state index contributed by atoms with van der Waals surface area (Å²) in [5, 5.41) is 7.91. The second-order valence-electron chi connectivity index (χ2n) is 6.10. The molecule has 1 saturated heterocycles. The Morgan fingerprint density at radius 3 is 2.58 bits per heavy atom. The van der Waals surface area contributed by atoms with E-state index in [-0.39, 0.29) is 11.9 Å². The van der Waals surface area contributed by atoms with E-state index in [1.54, 1.807) is 18.3 Å². The summed E-state index contributed by atoms with van der Waals surface area (Å²) in [6.07, 6.45) is 3.88. The predicted molar refractivity (Wildman–Crippen MR) is 99.6 cm³/mol. The van der Waals surface area contributed by atoms with Crippen LogP contribution in [0.3, 0.4) is 0 Å². The quantitative estimate of drug-likeness (QED) is 0.772. The molecule has 0 saturated carbocycles. The van der Waals surface area contributed by atoms with Gasteiger partial charge in [-0.15, -0.1) is 0 Å². The zero-order chi connectivity index (χ0) is 17.9. The van der Waals surface area contributed by atoms with Gasteiger partial charge in [-0.25, -0.2) is 14.8 Å². The van der Waals surface area contributed by atoms with Gasteiger partial charge >= 0.3 is 6.03 Å². The van der Waals surface area contributed by atoms with Crippen molar-refractivity contribution >= 4 is 28.4 Å². The number of rotatable bonds is 2. The first-order valence-corrected chi connectivity index (χ1v) is 8.52. The molecule has 2 heterocycles. The van der Waals surface area contributed by atoms with Crippen molar-refractivity contribution in [3.63, 3.8) is 0 Å². The topological polar surface area (TPSA) is 65.5 Å². The minimum atomic E-state index is -0.309. The summed E-state index contributed by atoms with van der Waals surface area (Å²) in [6, 6.07) is 16.7. The van der Waals surface area contributed by atoms with E-state index in [4.69, 9.17) is 0 Å². The van der Waals surface area contributed by atoms with E-state index in [2.05, 4.69) is 10.3 Å². The lowest BCUT2D eigenvalue weighted by Crippen LogP contribution is -2.46. The first-order chi connectivity index (χ1) is 12.7. The summed E-state index contributed by atoms with van der Waals surface area (Å²) in [6.45, 7) is 1.01. The van der Waals surface area contributed by atoms with Gasteiger partial charge in [0, 0.05) is 30.9 Å². The molecule has 1 N–H and O–H groups in total. The van der Waals surface area contributed by atoms with Crippen LogP contribution in [0.15, 0.2) is 67.0 Å². The molecule has 4 rings (SSSR count). The van der Waals surface area contributed by atoms with Gasteiger partial charge in [-0.05, 0) is 30.0 Å². The van der Waals surface area contributed by atoms with Crippen molar-refractivity contribution in [2.24, 2.45) is 0 Å². The molecule has 0 spiro atoms. The van der Waals surface area contributed by atoms with E-state index < -0.39 is 0 Å². The molecule has 26 heavy (non-hydrogen) atoms. The minimum Gasteiger partial charge on any atom is -0.306 e. The van der Waals surface area contributed by atoms with Gasteiger partial charge in [-0.1, -0.05) is 36.4 Å². The summed E-state index contributed by atoms with van der Waals surface area (Å²) in [5.41, 5.74) is 1.20. The fourth-order valence-electron chi connectivity index (χ4n) is 3.19. The monoisotopic (exact) mass is 346 g/mol. The van der Waals surface area contributed by atoms with Crippen LogP contribution in [0.25, 0.3) is 10.8 Å². The number of aromatic nitrogens is 1. The predicted octanol–water partition coefficient (Wildman–Crippen LogP) is 3.53. The van der Waals surface area contributed by atoms with E-state index in [1.165, 1.54) is 16.2 Å². The third kappa shape index (κ3) is 2.97. The van der Waals surface area contributed by atoms with E-state index in [1.807, 2.05) is 42.5 Å². The molecule has 6 nitrogen and oxygen atoms in total. The van der Waals surface area contributed by atoms with Crippen LogP contribution >= 0.6 is 0 Å². The van der Waals surface area contributed by atoms with Crippen molar-refractivity contribution in [3.05, 3.63) is 72.6 Å². The number of nitrogens with zero attached hydrogens (tertiary/aromatic N) is 3. The van der Waals surface area contributed by atoms with E-state index in [9.17, 15) is 9.59 Å². The summed E-state index contributed by atoms with van der Waals surface area (Å²) >= 11 is 0. The third-order valence-corrected chi connectivity index (χ3v) is 4.44. The number of benzene rings is 2. The van der Waals surface area contributed by atoms with Crippen molar-refractivity contribution in [1.82, 2.24) is 15.0 Å². The number of carbonyl (C=O) groups is 2. The van der Waals surface area contributed by atoms with Crippen LogP contribution in [0.4, 0.5) is 10.5 Å². The maximum absolute atomic E-state index is 12.8. The van der Waals surface area contributed by atoms with Crippen molar-refractivity contribution < 1.29 is 9.59 Å². The first-order valence-electron chi connectivity index (χ1n) is 8.52. The van der Waals surface area contributed by atoms with Crippen molar-refractivity contribution in [1.29, 1.82) is 0 Å². The van der Waals surface area contributed by atoms with Gasteiger partial charge in [0.2, 0.25) is 0 Å². The molecule has 1 fully saturated rings. The van der Waals surface area contributed by atoms with Gasteiger partial charge in [-0.2, -0.15) is 0 Å². The Kier molecular flexibility index (Phi) is 4.23. The number of carbonyl (C=O) groups excluding carboxylic acids is 2. The lowest BCUT2D eigenvalue weighted by molar-refractivity contribution is 0.0404. The van der Waals surface area contributed by atoms with Gasteiger partial charge in [-0.3, -0.25) is 9.78 Å². The Morgan fingerprint density at radius 2 is 1.73 bits per heavy atom. The molecule has 3 aromatic rings. The number of amides is 3. The highest BCUT2D eigenvalue weighted by atomic mass is 16.2. The molecule has 130 valence electrons. The second-order valence-corrected chi connectivity index (χ2v) is 6.10. The molecule has 1 aliphatic rings. The van der Waals surface area contributed by atoms with E-state index >= 15 is 0 Å². The van der Waals surface area contributed by atoms with Crippen molar-refractivity contribution in [3.8, 4) is 0 Å². The van der Waals surface area contributed by atoms with Crippen LogP contribution < -0.4 is 5.32 Å². The lowest BCUT2D eigenvalue weighted by atomic mass is 10.1. The Morgan fingerprint density at radius 1 is 0.923 bits per heavy atom. The number of urea groups is 1. The SMILES string of the molecule is O=C(Nc1cccc2ccccc12)N1CCCN1C(=O)c1cccnc1. The molecule has 2 aromatic carbocycles. The highest BCUT2D eigenvalue weighted by Crippen LogP contribution is 2.24. The number of anilines is 1. The fraction of sp³-hybridized carbons (Fsp3) is 0.150. The normalized spacial score (nSPS) is 13.8. The van der Waals surface area contributed by atoms with Gasteiger partial charge in [0.15, 0.2) is 0 Å². The average Bonchev–Trinajstić information content (AvgIpc) is 3.18. The molecular weight excluding hydrogens is 328 g/mol. The Hall–Kier alpha value is -3.41. The maximum atomic E-state index is 12.8. The summed E-state index contributed by atoms with van der Waals surface area (Å²) in [5.74, 6) is -0.219.